The normalized spacial score (nSPS) is 10.6. The Balaban J connectivity index is 0.00000361. The van der Waals surface area contributed by atoms with Crippen molar-refractivity contribution in [1.29, 1.82) is 0 Å². The summed E-state index contributed by atoms with van der Waals surface area (Å²) < 4.78 is 9.95. The van der Waals surface area contributed by atoms with Gasteiger partial charge in [0, 0.05) is 13.2 Å². The Labute approximate surface area is 116 Å². The number of hydrogen-bond donors (Lipinski definition) is 1. The number of anilines is 1. The van der Waals surface area contributed by atoms with E-state index in [2.05, 4.69) is 19.2 Å². The molecule has 0 aromatic heterocycles. The highest BCUT2D eigenvalue weighted by Gasteiger charge is 2.05. The molecule has 0 bridgehead atoms. The average molecular weight is 267 g/mol. The van der Waals surface area contributed by atoms with E-state index < -0.39 is 6.16 Å². The van der Waals surface area contributed by atoms with Gasteiger partial charge in [0.25, 0.3) is 0 Å². The van der Waals surface area contributed by atoms with Gasteiger partial charge in [-0.3, -0.25) is 0 Å². The molecule has 0 radical (unpaired) electrons. The lowest BCUT2D eigenvalue weighted by Gasteiger charge is -2.11. The van der Waals surface area contributed by atoms with E-state index >= 15 is 0 Å². The minimum absolute atomic E-state index is 0. The summed E-state index contributed by atoms with van der Waals surface area (Å²) in [6.45, 7) is 8.75. The highest BCUT2D eigenvalue weighted by Crippen LogP contribution is 2.11. The molecule has 0 saturated heterocycles. The van der Waals surface area contributed by atoms with E-state index in [0.29, 0.717) is 18.6 Å². The van der Waals surface area contributed by atoms with E-state index in [4.69, 9.17) is 9.47 Å². The molecule has 4 heteroatoms. The van der Waals surface area contributed by atoms with Gasteiger partial charge < -0.3 is 14.8 Å². The highest BCUT2D eigenvalue weighted by molar-refractivity contribution is 5.60. The number of nitrogens with one attached hydrogen (secondary N) is 1. The van der Waals surface area contributed by atoms with Crippen LogP contribution in [0.25, 0.3) is 0 Å². The SMILES string of the molecule is CC(C)COC(=O)OCc1ccc(NC(C)C)cc1.[HH]. The molecule has 0 fully saturated rings. The first kappa shape index (κ1) is 15.3. The van der Waals surface area contributed by atoms with Crippen LogP contribution < -0.4 is 5.32 Å². The molecule has 0 aliphatic rings. The summed E-state index contributed by atoms with van der Waals surface area (Å²) in [5.74, 6) is 0.314. The molecular formula is C15H25NO3. The van der Waals surface area contributed by atoms with Gasteiger partial charge in [-0.1, -0.05) is 26.0 Å². The topological polar surface area (TPSA) is 47.6 Å². The molecule has 0 amide bonds. The van der Waals surface area contributed by atoms with Gasteiger partial charge in [-0.2, -0.15) is 0 Å². The maximum absolute atomic E-state index is 11.3. The van der Waals surface area contributed by atoms with Crippen molar-refractivity contribution >= 4 is 11.8 Å². The second kappa shape index (κ2) is 7.67. The largest absolute Gasteiger partial charge is 0.508 e. The van der Waals surface area contributed by atoms with Crippen LogP contribution in [-0.2, 0) is 16.1 Å². The summed E-state index contributed by atoms with van der Waals surface area (Å²) in [6, 6.07) is 8.20. The Kier molecular flexibility index (Phi) is 6.19. The summed E-state index contributed by atoms with van der Waals surface area (Å²) >= 11 is 0. The van der Waals surface area contributed by atoms with Crippen LogP contribution in [0.3, 0.4) is 0 Å². The Bertz CT molecular complexity index is 391. The van der Waals surface area contributed by atoms with E-state index in [-0.39, 0.29) is 8.03 Å². The van der Waals surface area contributed by atoms with Gasteiger partial charge in [0.1, 0.15) is 6.61 Å². The first-order valence-electron chi connectivity index (χ1n) is 6.62. The van der Waals surface area contributed by atoms with Crippen LogP contribution in [0.1, 0.15) is 34.7 Å². The molecule has 19 heavy (non-hydrogen) atoms. The van der Waals surface area contributed by atoms with Crippen molar-refractivity contribution in [3.05, 3.63) is 29.8 Å². The lowest BCUT2D eigenvalue weighted by atomic mass is 10.2. The summed E-state index contributed by atoms with van der Waals surface area (Å²) in [5, 5.41) is 3.30. The fraction of sp³-hybridized carbons (Fsp3) is 0.533. The first-order valence-corrected chi connectivity index (χ1v) is 6.62. The Morgan fingerprint density at radius 3 is 2.32 bits per heavy atom. The molecule has 1 aromatic carbocycles. The van der Waals surface area contributed by atoms with Crippen molar-refractivity contribution in [2.75, 3.05) is 11.9 Å². The van der Waals surface area contributed by atoms with Gasteiger partial charge in [0.15, 0.2) is 0 Å². The number of ether oxygens (including phenoxy) is 2. The summed E-state index contributed by atoms with van der Waals surface area (Å²) in [7, 11) is 0. The molecule has 1 rings (SSSR count). The predicted molar refractivity (Wildman–Crippen MR) is 78.3 cm³/mol. The lowest BCUT2D eigenvalue weighted by Crippen LogP contribution is -2.12. The van der Waals surface area contributed by atoms with Gasteiger partial charge in [-0.25, -0.2) is 4.79 Å². The lowest BCUT2D eigenvalue weighted by molar-refractivity contribution is 0.0425. The molecule has 0 aliphatic heterocycles. The zero-order valence-corrected chi connectivity index (χ0v) is 12.1. The molecule has 0 spiro atoms. The highest BCUT2D eigenvalue weighted by atomic mass is 16.7. The van der Waals surface area contributed by atoms with Crippen LogP contribution in [0.15, 0.2) is 24.3 Å². The van der Waals surface area contributed by atoms with Crippen molar-refractivity contribution in [3.63, 3.8) is 0 Å². The minimum Gasteiger partial charge on any atom is -0.434 e. The van der Waals surface area contributed by atoms with E-state index in [0.717, 1.165) is 11.3 Å². The van der Waals surface area contributed by atoms with E-state index in [1.165, 1.54) is 0 Å². The monoisotopic (exact) mass is 267 g/mol. The molecule has 0 aliphatic carbocycles. The fourth-order valence-electron chi connectivity index (χ4n) is 1.45. The Hall–Kier alpha value is -1.71. The average Bonchev–Trinajstić information content (AvgIpc) is 2.35. The third kappa shape index (κ3) is 6.70. The summed E-state index contributed by atoms with van der Waals surface area (Å²) in [5.41, 5.74) is 2.00. The molecule has 1 aromatic rings. The summed E-state index contributed by atoms with van der Waals surface area (Å²) in [6.07, 6.45) is -0.613. The van der Waals surface area contributed by atoms with Crippen molar-refractivity contribution in [3.8, 4) is 0 Å². The van der Waals surface area contributed by atoms with Gasteiger partial charge >= 0.3 is 6.16 Å². The van der Waals surface area contributed by atoms with E-state index in [1.54, 1.807) is 0 Å². The Morgan fingerprint density at radius 2 is 1.79 bits per heavy atom. The van der Waals surface area contributed by atoms with Crippen molar-refractivity contribution in [2.45, 2.75) is 40.3 Å². The van der Waals surface area contributed by atoms with Gasteiger partial charge in [-0.15, -0.1) is 0 Å². The molecule has 1 N–H and O–H groups in total. The van der Waals surface area contributed by atoms with Crippen LogP contribution in [0, 0.1) is 5.92 Å². The number of rotatable bonds is 6. The number of benzene rings is 1. The fourth-order valence-corrected chi connectivity index (χ4v) is 1.45. The van der Waals surface area contributed by atoms with Crippen LogP contribution in [0.2, 0.25) is 0 Å². The predicted octanol–water partition coefficient (Wildman–Crippen LogP) is 4.06. The van der Waals surface area contributed by atoms with Crippen LogP contribution in [-0.4, -0.2) is 18.8 Å². The maximum atomic E-state index is 11.3. The molecular weight excluding hydrogens is 242 g/mol. The molecule has 0 heterocycles. The zero-order valence-electron chi connectivity index (χ0n) is 12.1. The van der Waals surface area contributed by atoms with E-state index in [1.807, 2.05) is 38.1 Å². The third-order valence-electron chi connectivity index (χ3n) is 2.30. The zero-order chi connectivity index (χ0) is 14.3. The molecule has 0 atom stereocenters. The van der Waals surface area contributed by atoms with Crippen LogP contribution in [0.4, 0.5) is 10.5 Å². The third-order valence-corrected chi connectivity index (χ3v) is 2.30. The first-order chi connectivity index (χ1) is 8.97. The standard InChI is InChI=1S/C15H23NO3.H2/c1-11(2)9-18-15(17)19-10-13-5-7-14(8-6-13)16-12(3)4;/h5-8,11-12,16H,9-10H2,1-4H3;1H. The van der Waals surface area contributed by atoms with Crippen LogP contribution in [0.5, 0.6) is 0 Å². The van der Waals surface area contributed by atoms with Gasteiger partial charge in [-0.05, 0) is 37.5 Å². The second-order valence-corrected chi connectivity index (χ2v) is 5.24. The van der Waals surface area contributed by atoms with Crippen molar-refractivity contribution in [1.82, 2.24) is 0 Å². The van der Waals surface area contributed by atoms with Gasteiger partial charge in [0.05, 0.1) is 6.61 Å². The second-order valence-electron chi connectivity index (χ2n) is 5.24. The van der Waals surface area contributed by atoms with Crippen molar-refractivity contribution < 1.29 is 15.7 Å². The molecule has 4 nitrogen and oxygen atoms in total. The maximum Gasteiger partial charge on any atom is 0.508 e. The number of carbonyl (C=O) groups excluding carboxylic acids is 1. The van der Waals surface area contributed by atoms with Crippen LogP contribution >= 0.6 is 0 Å². The molecule has 108 valence electrons. The summed E-state index contributed by atoms with van der Waals surface area (Å²) in [4.78, 5) is 11.3. The van der Waals surface area contributed by atoms with E-state index in [9.17, 15) is 4.79 Å². The molecule has 0 unspecified atom stereocenters. The minimum atomic E-state index is -0.613. The van der Waals surface area contributed by atoms with Crippen molar-refractivity contribution in [2.24, 2.45) is 5.92 Å². The Morgan fingerprint density at radius 1 is 1.16 bits per heavy atom. The number of carbonyl (C=O) groups is 1. The number of hydrogen-bond acceptors (Lipinski definition) is 4. The quantitative estimate of drug-likeness (QED) is 0.789. The smallest absolute Gasteiger partial charge is 0.434 e. The molecule has 0 saturated carbocycles. The van der Waals surface area contributed by atoms with Gasteiger partial charge in [0.2, 0.25) is 0 Å².